The summed E-state index contributed by atoms with van der Waals surface area (Å²) in [5.41, 5.74) is 0.396. The first kappa shape index (κ1) is 21.8. The summed E-state index contributed by atoms with van der Waals surface area (Å²) in [6.45, 7) is 0. The Hall–Kier alpha value is -3.47. The predicted molar refractivity (Wildman–Crippen MR) is 115 cm³/mol. The lowest BCUT2D eigenvalue weighted by Crippen LogP contribution is -2.19. The van der Waals surface area contributed by atoms with Gasteiger partial charge in [-0.3, -0.25) is 4.72 Å². The second-order valence-electron chi connectivity index (χ2n) is 7.18. The summed E-state index contributed by atoms with van der Waals surface area (Å²) in [6.07, 6.45) is -2.56. The Labute approximate surface area is 184 Å². The molecule has 2 unspecified atom stereocenters. The zero-order chi connectivity index (χ0) is 23.2. The van der Waals surface area contributed by atoms with Crippen molar-refractivity contribution < 1.29 is 38.3 Å². The van der Waals surface area contributed by atoms with Gasteiger partial charge in [0.2, 0.25) is 0 Å². The monoisotopic (exact) mass is 459 g/mol. The van der Waals surface area contributed by atoms with Gasteiger partial charge < -0.3 is 29.9 Å². The Morgan fingerprint density at radius 2 is 1.44 bits per heavy atom. The van der Waals surface area contributed by atoms with Crippen molar-refractivity contribution in [1.82, 2.24) is 0 Å². The van der Waals surface area contributed by atoms with E-state index in [1.807, 2.05) is 0 Å². The molecular formula is C22H21NO8S. The third kappa shape index (κ3) is 3.38. The van der Waals surface area contributed by atoms with Crippen molar-refractivity contribution in [2.75, 3.05) is 18.9 Å². The number of rotatable bonds is 5. The maximum absolute atomic E-state index is 12.9. The van der Waals surface area contributed by atoms with Crippen molar-refractivity contribution in [3.05, 3.63) is 70.8 Å². The van der Waals surface area contributed by atoms with Crippen LogP contribution in [-0.2, 0) is 10.0 Å². The van der Waals surface area contributed by atoms with Gasteiger partial charge in [0.05, 0.1) is 24.8 Å². The van der Waals surface area contributed by atoms with E-state index in [-0.39, 0.29) is 27.5 Å². The molecule has 3 aromatic rings. The number of sulfonamides is 1. The fraction of sp³-hybridized carbons (Fsp3) is 0.182. The van der Waals surface area contributed by atoms with Gasteiger partial charge in [-0.2, -0.15) is 0 Å². The number of benzene rings is 3. The van der Waals surface area contributed by atoms with E-state index in [9.17, 15) is 28.8 Å². The molecule has 0 aliphatic heterocycles. The molecule has 0 saturated carbocycles. The molecule has 2 atom stereocenters. The van der Waals surface area contributed by atoms with Crippen molar-refractivity contribution >= 4 is 15.7 Å². The number of hydrogen-bond acceptors (Lipinski definition) is 8. The molecule has 0 amide bonds. The number of aliphatic hydroxyl groups is 2. The minimum Gasteiger partial charge on any atom is -0.504 e. The van der Waals surface area contributed by atoms with Crippen LogP contribution in [0.3, 0.4) is 0 Å². The highest BCUT2D eigenvalue weighted by Crippen LogP contribution is 2.50. The number of anilines is 1. The van der Waals surface area contributed by atoms with Gasteiger partial charge in [0.15, 0.2) is 23.0 Å². The van der Waals surface area contributed by atoms with Crippen LogP contribution in [0.5, 0.6) is 23.0 Å². The van der Waals surface area contributed by atoms with E-state index < -0.39 is 33.7 Å². The van der Waals surface area contributed by atoms with E-state index in [2.05, 4.69) is 4.72 Å². The SMILES string of the molecule is COc1ccc(S(=O)(=O)Nc2cc3c(c(O)c2O)C(O)c2ccccc2C3O)cc1OC. The standard InChI is InChI=1S/C22H21NO8S/c1-30-16-8-7-11(9-17(16)31-2)32(28,29)23-15-10-14-18(22(27)21(15)26)20(25)13-6-4-3-5-12(13)19(14)24/h3-10,19-20,23-27H,1-2H3. The van der Waals surface area contributed by atoms with Crippen molar-refractivity contribution in [2.45, 2.75) is 17.1 Å². The highest BCUT2D eigenvalue weighted by molar-refractivity contribution is 7.92. The molecular weight excluding hydrogens is 438 g/mol. The number of aliphatic hydroxyl groups excluding tert-OH is 2. The second kappa shape index (κ2) is 7.90. The molecule has 0 aromatic heterocycles. The Morgan fingerprint density at radius 1 is 0.812 bits per heavy atom. The van der Waals surface area contributed by atoms with E-state index in [0.717, 1.165) is 0 Å². The van der Waals surface area contributed by atoms with E-state index in [1.54, 1.807) is 24.3 Å². The van der Waals surface area contributed by atoms with Crippen molar-refractivity contribution in [3.63, 3.8) is 0 Å². The highest BCUT2D eigenvalue weighted by atomic mass is 32.2. The second-order valence-corrected chi connectivity index (χ2v) is 8.86. The van der Waals surface area contributed by atoms with Crippen LogP contribution in [0.2, 0.25) is 0 Å². The Kier molecular flexibility index (Phi) is 5.37. The molecule has 1 aliphatic rings. The minimum atomic E-state index is -4.23. The van der Waals surface area contributed by atoms with Crippen LogP contribution < -0.4 is 14.2 Å². The van der Waals surface area contributed by atoms with E-state index in [1.165, 1.54) is 38.5 Å². The van der Waals surface area contributed by atoms with Gasteiger partial charge in [-0.05, 0) is 34.9 Å². The Morgan fingerprint density at radius 3 is 2.06 bits per heavy atom. The molecule has 0 radical (unpaired) electrons. The zero-order valence-corrected chi connectivity index (χ0v) is 17.9. The lowest BCUT2D eigenvalue weighted by Gasteiger charge is -2.30. The Bertz CT molecular complexity index is 1310. The lowest BCUT2D eigenvalue weighted by atomic mass is 9.81. The summed E-state index contributed by atoms with van der Waals surface area (Å²) in [5.74, 6) is -0.994. The van der Waals surface area contributed by atoms with Crippen molar-refractivity contribution in [3.8, 4) is 23.0 Å². The zero-order valence-electron chi connectivity index (χ0n) is 17.1. The maximum Gasteiger partial charge on any atom is 0.262 e. The molecule has 0 bridgehead atoms. The number of ether oxygens (including phenoxy) is 2. The number of nitrogens with one attached hydrogen (secondary N) is 1. The van der Waals surface area contributed by atoms with E-state index in [4.69, 9.17) is 9.47 Å². The molecule has 0 spiro atoms. The fourth-order valence-electron chi connectivity index (χ4n) is 3.80. The minimum absolute atomic E-state index is 0.0662. The fourth-order valence-corrected chi connectivity index (χ4v) is 4.88. The molecule has 3 aromatic carbocycles. The van der Waals surface area contributed by atoms with Crippen LogP contribution in [0.1, 0.15) is 34.5 Å². The average molecular weight is 459 g/mol. The third-order valence-corrected chi connectivity index (χ3v) is 6.77. The van der Waals surface area contributed by atoms with Crippen LogP contribution in [0.25, 0.3) is 0 Å². The molecule has 5 N–H and O–H groups in total. The van der Waals surface area contributed by atoms with E-state index in [0.29, 0.717) is 16.9 Å². The summed E-state index contributed by atoms with van der Waals surface area (Å²) in [7, 11) is -1.46. The normalized spacial score (nSPS) is 17.2. The van der Waals surface area contributed by atoms with Gasteiger partial charge in [0.25, 0.3) is 10.0 Å². The molecule has 168 valence electrons. The average Bonchev–Trinajstić information content (AvgIpc) is 2.79. The summed E-state index contributed by atoms with van der Waals surface area (Å²) in [6, 6.07) is 11.7. The number of hydrogen-bond donors (Lipinski definition) is 5. The molecule has 1 aliphatic carbocycles. The van der Waals surface area contributed by atoms with Crippen LogP contribution >= 0.6 is 0 Å². The van der Waals surface area contributed by atoms with Crippen molar-refractivity contribution in [2.24, 2.45) is 0 Å². The first-order valence-corrected chi connectivity index (χ1v) is 11.0. The number of aromatic hydroxyl groups is 2. The number of phenolic OH excluding ortho intramolecular Hbond substituents is 2. The largest absolute Gasteiger partial charge is 0.504 e. The summed E-state index contributed by atoms with van der Waals surface area (Å²) in [5, 5.41) is 42.5. The van der Waals surface area contributed by atoms with Gasteiger partial charge in [-0.25, -0.2) is 8.42 Å². The third-order valence-electron chi connectivity index (χ3n) is 5.41. The first-order chi connectivity index (χ1) is 15.2. The predicted octanol–water partition coefficient (Wildman–Crippen LogP) is 2.39. The molecule has 10 heteroatoms. The van der Waals surface area contributed by atoms with Crippen molar-refractivity contribution in [1.29, 1.82) is 0 Å². The van der Waals surface area contributed by atoms with Gasteiger partial charge >= 0.3 is 0 Å². The van der Waals surface area contributed by atoms with Crippen LogP contribution in [0.15, 0.2) is 53.4 Å². The van der Waals surface area contributed by atoms with Gasteiger partial charge in [-0.1, -0.05) is 24.3 Å². The quantitative estimate of drug-likeness (QED) is 0.366. The van der Waals surface area contributed by atoms with Crippen LogP contribution in [0.4, 0.5) is 5.69 Å². The van der Waals surface area contributed by atoms with E-state index >= 15 is 0 Å². The molecule has 0 heterocycles. The summed E-state index contributed by atoms with van der Waals surface area (Å²) < 4.78 is 38.3. The molecule has 4 rings (SSSR count). The summed E-state index contributed by atoms with van der Waals surface area (Å²) >= 11 is 0. The van der Waals surface area contributed by atoms with Gasteiger partial charge in [0, 0.05) is 11.6 Å². The molecule has 0 fully saturated rings. The number of fused-ring (bicyclic) bond motifs is 2. The number of methoxy groups -OCH3 is 2. The maximum atomic E-state index is 12.9. The lowest BCUT2D eigenvalue weighted by molar-refractivity contribution is 0.169. The smallest absolute Gasteiger partial charge is 0.262 e. The first-order valence-electron chi connectivity index (χ1n) is 9.48. The van der Waals surface area contributed by atoms with Crippen LogP contribution in [0, 0.1) is 0 Å². The topological polar surface area (TPSA) is 146 Å². The number of phenols is 2. The summed E-state index contributed by atoms with van der Waals surface area (Å²) in [4.78, 5) is -0.183. The van der Waals surface area contributed by atoms with Crippen LogP contribution in [-0.4, -0.2) is 43.1 Å². The highest BCUT2D eigenvalue weighted by Gasteiger charge is 2.35. The van der Waals surface area contributed by atoms with Gasteiger partial charge in [-0.15, -0.1) is 0 Å². The molecule has 9 nitrogen and oxygen atoms in total. The van der Waals surface area contributed by atoms with Gasteiger partial charge in [0.1, 0.15) is 12.2 Å². The molecule has 0 saturated heterocycles. The Balaban J connectivity index is 1.79. The molecule has 32 heavy (non-hydrogen) atoms.